The van der Waals surface area contributed by atoms with E-state index in [1.54, 1.807) is 4.68 Å². The Labute approximate surface area is 114 Å². The van der Waals surface area contributed by atoms with Crippen LogP contribution in [0.3, 0.4) is 0 Å². The number of H-pyrrole nitrogens is 1. The van der Waals surface area contributed by atoms with E-state index in [0.717, 1.165) is 11.4 Å². The first-order valence-electron chi connectivity index (χ1n) is 6.33. The van der Waals surface area contributed by atoms with Crippen LogP contribution in [0.15, 0.2) is 39.6 Å². The zero-order chi connectivity index (χ0) is 12.5. The maximum Gasteiger partial charge on any atom is 0.285 e. The highest BCUT2D eigenvalue weighted by atomic mass is 79.9. The Morgan fingerprint density at radius 1 is 1.17 bits per heavy atom. The van der Waals surface area contributed by atoms with Gasteiger partial charge in [-0.05, 0) is 40.9 Å². The molecule has 94 valence electrons. The van der Waals surface area contributed by atoms with Crippen molar-refractivity contribution in [3.63, 3.8) is 0 Å². The molecule has 0 bridgehead atoms. The summed E-state index contributed by atoms with van der Waals surface area (Å²) in [6.07, 6.45) is 4.87. The summed E-state index contributed by atoms with van der Waals surface area (Å²) in [5.74, 6) is 0.497. The zero-order valence-electron chi connectivity index (χ0n) is 10.0. The summed E-state index contributed by atoms with van der Waals surface area (Å²) in [6, 6.07) is 9.69. The molecular formula is C14H15BrN2O. The van der Waals surface area contributed by atoms with E-state index in [0.29, 0.717) is 10.4 Å². The number of aromatic nitrogens is 2. The Balaban J connectivity index is 2.07. The number of rotatable bonds is 2. The number of hydrogen-bond acceptors (Lipinski definition) is 1. The van der Waals surface area contributed by atoms with E-state index in [4.69, 9.17) is 0 Å². The minimum atomic E-state index is 0.00287. The molecule has 0 unspecified atom stereocenters. The Morgan fingerprint density at radius 3 is 2.50 bits per heavy atom. The molecule has 0 saturated heterocycles. The van der Waals surface area contributed by atoms with E-state index < -0.39 is 0 Å². The molecule has 1 fully saturated rings. The van der Waals surface area contributed by atoms with Gasteiger partial charge in [0.15, 0.2) is 0 Å². The van der Waals surface area contributed by atoms with Crippen molar-refractivity contribution in [1.29, 1.82) is 0 Å². The third kappa shape index (κ3) is 1.94. The van der Waals surface area contributed by atoms with Crippen LogP contribution in [0.4, 0.5) is 0 Å². The molecule has 1 aliphatic carbocycles. The van der Waals surface area contributed by atoms with Crippen LogP contribution in [0.5, 0.6) is 0 Å². The van der Waals surface area contributed by atoms with Gasteiger partial charge in [0.2, 0.25) is 0 Å². The summed E-state index contributed by atoms with van der Waals surface area (Å²) in [4.78, 5) is 12.2. The third-order valence-corrected chi connectivity index (χ3v) is 4.40. The van der Waals surface area contributed by atoms with E-state index >= 15 is 0 Å². The van der Waals surface area contributed by atoms with Crippen molar-refractivity contribution < 1.29 is 0 Å². The number of nitrogens with one attached hydrogen (secondary N) is 1. The molecule has 1 aliphatic rings. The average molecular weight is 307 g/mol. The molecule has 1 N–H and O–H groups in total. The highest BCUT2D eigenvalue weighted by Gasteiger charge is 2.24. The predicted molar refractivity (Wildman–Crippen MR) is 75.3 cm³/mol. The van der Waals surface area contributed by atoms with Crippen LogP contribution in [-0.2, 0) is 0 Å². The fourth-order valence-electron chi connectivity index (χ4n) is 2.68. The Kier molecular flexibility index (Phi) is 3.12. The van der Waals surface area contributed by atoms with E-state index in [2.05, 4.69) is 21.0 Å². The smallest absolute Gasteiger partial charge is 0.285 e. The number of benzene rings is 1. The topological polar surface area (TPSA) is 37.8 Å². The van der Waals surface area contributed by atoms with Crippen molar-refractivity contribution in [2.75, 3.05) is 0 Å². The Hall–Kier alpha value is -1.29. The summed E-state index contributed by atoms with van der Waals surface area (Å²) < 4.78 is 2.32. The standard InChI is InChI=1S/C14H15BrN2O/c15-12-13(10-6-4-5-7-10)16-17(14(12)18)11-8-2-1-3-9-11/h1-3,8-10,16H,4-7H2. The lowest BCUT2D eigenvalue weighted by molar-refractivity contribution is 0.675. The van der Waals surface area contributed by atoms with Gasteiger partial charge in [0.1, 0.15) is 4.47 Å². The monoisotopic (exact) mass is 306 g/mol. The molecule has 18 heavy (non-hydrogen) atoms. The lowest BCUT2D eigenvalue weighted by atomic mass is 10.1. The molecule has 3 nitrogen and oxygen atoms in total. The van der Waals surface area contributed by atoms with Crippen molar-refractivity contribution in [2.24, 2.45) is 0 Å². The van der Waals surface area contributed by atoms with Gasteiger partial charge in [-0.15, -0.1) is 0 Å². The second-order valence-corrected chi connectivity index (χ2v) is 5.59. The van der Waals surface area contributed by atoms with E-state index in [-0.39, 0.29) is 5.56 Å². The fraction of sp³-hybridized carbons (Fsp3) is 0.357. The number of para-hydroxylation sites is 1. The van der Waals surface area contributed by atoms with Gasteiger partial charge in [-0.3, -0.25) is 9.89 Å². The molecular weight excluding hydrogens is 292 g/mol. The van der Waals surface area contributed by atoms with Crippen LogP contribution in [-0.4, -0.2) is 9.78 Å². The van der Waals surface area contributed by atoms with Crippen LogP contribution in [0, 0.1) is 0 Å². The van der Waals surface area contributed by atoms with Gasteiger partial charge in [-0.25, -0.2) is 4.68 Å². The first kappa shape index (κ1) is 11.8. The van der Waals surface area contributed by atoms with Gasteiger partial charge in [0.05, 0.1) is 11.4 Å². The van der Waals surface area contributed by atoms with Gasteiger partial charge < -0.3 is 0 Å². The van der Waals surface area contributed by atoms with Crippen molar-refractivity contribution in [3.8, 4) is 5.69 Å². The van der Waals surface area contributed by atoms with Gasteiger partial charge >= 0.3 is 0 Å². The Morgan fingerprint density at radius 2 is 1.83 bits per heavy atom. The van der Waals surface area contributed by atoms with E-state index in [9.17, 15) is 4.79 Å². The molecule has 1 heterocycles. The zero-order valence-corrected chi connectivity index (χ0v) is 11.6. The summed E-state index contributed by atoms with van der Waals surface area (Å²) in [6.45, 7) is 0. The molecule has 1 saturated carbocycles. The molecule has 2 aromatic rings. The summed E-state index contributed by atoms with van der Waals surface area (Å²) in [5, 5.41) is 3.27. The van der Waals surface area contributed by atoms with E-state index in [1.807, 2.05) is 30.3 Å². The molecule has 0 radical (unpaired) electrons. The highest BCUT2D eigenvalue weighted by molar-refractivity contribution is 9.10. The lowest BCUT2D eigenvalue weighted by Gasteiger charge is -2.06. The molecule has 1 aromatic carbocycles. The minimum absolute atomic E-state index is 0.00287. The molecule has 3 rings (SSSR count). The second kappa shape index (κ2) is 4.76. The maximum atomic E-state index is 12.2. The van der Waals surface area contributed by atoms with Crippen LogP contribution in [0.1, 0.15) is 37.3 Å². The molecule has 1 aromatic heterocycles. The van der Waals surface area contributed by atoms with Crippen LogP contribution < -0.4 is 5.56 Å². The summed E-state index contributed by atoms with van der Waals surface area (Å²) in [5.41, 5.74) is 1.94. The molecule has 4 heteroatoms. The molecule has 0 amide bonds. The van der Waals surface area contributed by atoms with E-state index in [1.165, 1.54) is 25.7 Å². The molecule has 0 aliphatic heterocycles. The summed E-state index contributed by atoms with van der Waals surface area (Å²) >= 11 is 3.44. The van der Waals surface area contributed by atoms with Crippen LogP contribution in [0.25, 0.3) is 5.69 Å². The maximum absolute atomic E-state index is 12.2. The largest absolute Gasteiger partial charge is 0.294 e. The quantitative estimate of drug-likeness (QED) is 0.904. The summed E-state index contributed by atoms with van der Waals surface area (Å²) in [7, 11) is 0. The van der Waals surface area contributed by atoms with Crippen LogP contribution >= 0.6 is 15.9 Å². The fourth-order valence-corrected chi connectivity index (χ4v) is 3.27. The van der Waals surface area contributed by atoms with Gasteiger partial charge in [-0.1, -0.05) is 31.0 Å². The van der Waals surface area contributed by atoms with Crippen molar-refractivity contribution >= 4 is 15.9 Å². The number of halogens is 1. The minimum Gasteiger partial charge on any atom is -0.294 e. The van der Waals surface area contributed by atoms with Gasteiger partial charge in [-0.2, -0.15) is 0 Å². The number of aromatic amines is 1. The normalized spacial score (nSPS) is 16.3. The SMILES string of the molecule is O=c1c(Br)c(C2CCCC2)[nH]n1-c1ccccc1. The van der Waals surface area contributed by atoms with Crippen molar-refractivity contribution in [2.45, 2.75) is 31.6 Å². The first-order valence-corrected chi connectivity index (χ1v) is 7.12. The molecule has 0 atom stereocenters. The number of nitrogens with zero attached hydrogens (tertiary/aromatic N) is 1. The van der Waals surface area contributed by atoms with Gasteiger partial charge in [0, 0.05) is 5.92 Å². The van der Waals surface area contributed by atoms with Crippen LogP contribution in [0.2, 0.25) is 0 Å². The van der Waals surface area contributed by atoms with Crippen molar-refractivity contribution in [1.82, 2.24) is 9.78 Å². The average Bonchev–Trinajstić information content (AvgIpc) is 3.01. The first-order chi connectivity index (χ1) is 8.77. The van der Waals surface area contributed by atoms with Crippen molar-refractivity contribution in [3.05, 3.63) is 50.9 Å². The Bertz CT molecular complexity index is 594. The van der Waals surface area contributed by atoms with Gasteiger partial charge in [0.25, 0.3) is 5.56 Å². The molecule has 0 spiro atoms. The number of hydrogen-bond donors (Lipinski definition) is 1. The lowest BCUT2D eigenvalue weighted by Crippen LogP contribution is -2.14. The second-order valence-electron chi connectivity index (χ2n) is 4.80. The highest BCUT2D eigenvalue weighted by Crippen LogP contribution is 2.35. The predicted octanol–water partition coefficient (Wildman–Crippen LogP) is 3.59. The third-order valence-electron chi connectivity index (χ3n) is 3.64.